The largest absolute Gasteiger partial charge is 0.461 e. The van der Waals surface area contributed by atoms with E-state index in [9.17, 15) is 8.78 Å². The van der Waals surface area contributed by atoms with Crippen LogP contribution in [0.25, 0.3) is 21.3 Å². The first kappa shape index (κ1) is 22.3. The van der Waals surface area contributed by atoms with Crippen LogP contribution in [0.15, 0.2) is 11.3 Å². The minimum Gasteiger partial charge on any atom is -0.461 e. The lowest BCUT2D eigenvalue weighted by molar-refractivity contribution is 0.107. The van der Waals surface area contributed by atoms with Gasteiger partial charge in [-0.05, 0) is 43.7 Å². The van der Waals surface area contributed by atoms with Gasteiger partial charge in [-0.1, -0.05) is 16.7 Å². The van der Waals surface area contributed by atoms with Crippen molar-refractivity contribution in [2.45, 2.75) is 43.8 Å². The van der Waals surface area contributed by atoms with Crippen molar-refractivity contribution < 1.29 is 13.5 Å². The fraction of sp³-hybridized carbons (Fsp3) is 0.667. The van der Waals surface area contributed by atoms with E-state index < -0.39 is 12.0 Å². The number of azide groups is 1. The second kappa shape index (κ2) is 9.04. The molecule has 5 rings (SSSR count). The van der Waals surface area contributed by atoms with Crippen molar-refractivity contribution >= 4 is 28.3 Å². The molecule has 0 aliphatic carbocycles. The first-order valence-corrected chi connectivity index (χ1v) is 11.7. The summed E-state index contributed by atoms with van der Waals surface area (Å²) < 4.78 is 35.0. The predicted molar refractivity (Wildman–Crippen MR) is 120 cm³/mol. The highest BCUT2D eigenvalue weighted by Gasteiger charge is 2.49. The van der Waals surface area contributed by atoms with E-state index in [1.54, 1.807) is 0 Å². The number of anilines is 1. The summed E-state index contributed by atoms with van der Waals surface area (Å²) in [5.74, 6) is -0.0463. The number of pyridine rings is 1. The number of ether oxygens (including phenoxy) is 1. The van der Waals surface area contributed by atoms with E-state index >= 15 is 0 Å². The molecule has 1 unspecified atom stereocenters. The molecule has 0 radical (unpaired) electrons. The average Bonchev–Trinajstić information content (AvgIpc) is 3.34. The molecule has 3 aliphatic heterocycles. The first-order valence-electron chi connectivity index (χ1n) is 11.3. The van der Waals surface area contributed by atoms with Gasteiger partial charge in [0, 0.05) is 43.7 Å². The molecular weight excluding hydrogens is 454 g/mol. The zero-order valence-corrected chi connectivity index (χ0v) is 18.9. The monoisotopic (exact) mass is 478 g/mol. The fourth-order valence-electron chi connectivity index (χ4n) is 5.51. The molecule has 0 saturated carbocycles. The van der Waals surface area contributed by atoms with Crippen molar-refractivity contribution in [3.05, 3.63) is 27.6 Å². The Labute approximate surface area is 194 Å². The van der Waals surface area contributed by atoms with Crippen LogP contribution in [0.4, 0.5) is 14.6 Å². The van der Waals surface area contributed by atoms with Gasteiger partial charge in [-0.2, -0.15) is 9.97 Å². The van der Waals surface area contributed by atoms with Crippen LogP contribution >= 0.6 is 11.6 Å². The Morgan fingerprint density at radius 3 is 3.03 bits per heavy atom. The van der Waals surface area contributed by atoms with Gasteiger partial charge in [0.05, 0.1) is 10.9 Å². The van der Waals surface area contributed by atoms with Crippen LogP contribution in [0.5, 0.6) is 6.01 Å². The molecule has 5 heterocycles. The number of aromatic nitrogens is 3. The molecule has 2 aromatic heterocycles. The molecule has 0 spiro atoms. The summed E-state index contributed by atoms with van der Waals surface area (Å²) in [4.78, 5) is 19.9. The highest BCUT2D eigenvalue weighted by molar-refractivity contribution is 6.30. The lowest BCUT2D eigenvalue weighted by atomic mass is 9.95. The van der Waals surface area contributed by atoms with Crippen molar-refractivity contribution in [2.75, 3.05) is 44.2 Å². The Hall–Kier alpha value is -2.49. The summed E-state index contributed by atoms with van der Waals surface area (Å²) in [6.45, 7) is 3.23. The summed E-state index contributed by atoms with van der Waals surface area (Å²) in [6.07, 6.45) is 4.69. The SMILES string of the molecule is [N-]=[N+]=NCC1CCCN(c2nc(OC[C@@]34CCCN3C[C@H](F)C4)nc3c(F)c(Cl)ncc23)C1. The predicted octanol–water partition coefficient (Wildman–Crippen LogP) is 4.30. The third kappa shape index (κ3) is 4.25. The third-order valence-electron chi connectivity index (χ3n) is 7.05. The van der Waals surface area contributed by atoms with Gasteiger partial charge < -0.3 is 9.64 Å². The topological polar surface area (TPSA) is 103 Å². The second-order valence-electron chi connectivity index (χ2n) is 9.19. The van der Waals surface area contributed by atoms with Crippen molar-refractivity contribution in [3.8, 4) is 6.01 Å². The van der Waals surface area contributed by atoms with Gasteiger partial charge in [-0.3, -0.25) is 4.90 Å². The Morgan fingerprint density at radius 2 is 2.18 bits per heavy atom. The summed E-state index contributed by atoms with van der Waals surface area (Å²) >= 11 is 5.93. The molecule has 33 heavy (non-hydrogen) atoms. The van der Waals surface area contributed by atoms with E-state index in [1.165, 1.54) is 6.20 Å². The van der Waals surface area contributed by atoms with Crippen LogP contribution in [0.1, 0.15) is 32.1 Å². The van der Waals surface area contributed by atoms with Gasteiger partial charge in [0.25, 0.3) is 0 Å². The number of hydrogen-bond acceptors (Lipinski definition) is 7. The van der Waals surface area contributed by atoms with E-state index in [4.69, 9.17) is 21.9 Å². The summed E-state index contributed by atoms with van der Waals surface area (Å²) in [7, 11) is 0. The van der Waals surface area contributed by atoms with Gasteiger partial charge in [-0.25, -0.2) is 13.8 Å². The van der Waals surface area contributed by atoms with Crippen molar-refractivity contribution in [1.29, 1.82) is 0 Å². The van der Waals surface area contributed by atoms with E-state index in [0.29, 0.717) is 43.8 Å². The van der Waals surface area contributed by atoms with Crippen LogP contribution in [-0.4, -0.2) is 70.9 Å². The molecule has 0 aromatic carbocycles. The molecule has 12 heteroatoms. The first-order chi connectivity index (χ1) is 16.0. The number of halogens is 3. The summed E-state index contributed by atoms with van der Waals surface area (Å²) in [6, 6.07) is 0.0411. The maximum Gasteiger partial charge on any atom is 0.319 e. The molecule has 0 N–H and O–H groups in total. The van der Waals surface area contributed by atoms with Gasteiger partial charge in [-0.15, -0.1) is 0 Å². The van der Waals surface area contributed by atoms with Crippen molar-refractivity contribution in [2.24, 2.45) is 11.0 Å². The lowest BCUT2D eigenvalue weighted by Gasteiger charge is -2.34. The smallest absolute Gasteiger partial charge is 0.319 e. The Morgan fingerprint density at radius 1 is 1.30 bits per heavy atom. The Bertz CT molecular complexity index is 1100. The maximum absolute atomic E-state index is 14.9. The molecule has 3 atom stereocenters. The van der Waals surface area contributed by atoms with E-state index in [0.717, 1.165) is 32.2 Å². The minimum absolute atomic E-state index is 0.0411. The molecule has 2 aromatic rings. The summed E-state index contributed by atoms with van der Waals surface area (Å²) in [5, 5.41) is 3.88. The van der Waals surface area contributed by atoms with Crippen LogP contribution in [0, 0.1) is 11.7 Å². The molecule has 3 aliphatic rings. The molecule has 176 valence electrons. The molecule has 0 amide bonds. The van der Waals surface area contributed by atoms with E-state index in [2.05, 4.69) is 29.9 Å². The number of alkyl halides is 1. The van der Waals surface area contributed by atoms with Crippen molar-refractivity contribution in [1.82, 2.24) is 19.9 Å². The van der Waals surface area contributed by atoms with Crippen LogP contribution < -0.4 is 9.64 Å². The highest BCUT2D eigenvalue weighted by Crippen LogP contribution is 2.40. The zero-order chi connectivity index (χ0) is 23.0. The van der Waals surface area contributed by atoms with Crippen LogP contribution in [0.3, 0.4) is 0 Å². The standard InChI is InChI=1S/C21H25ClF2N8O/c22-18-16(24)17-15(9-26-18)19(31-5-1-3-13(10-31)8-27-30-25)29-20(28-17)33-12-21-4-2-6-32(21)11-14(23)7-21/h9,13-14H,1-8,10-12H2/t13?,14-,21+/m1/s1. The van der Waals surface area contributed by atoms with Crippen LogP contribution in [-0.2, 0) is 0 Å². The normalized spacial score (nSPS) is 27.5. The highest BCUT2D eigenvalue weighted by atomic mass is 35.5. The number of nitrogens with zero attached hydrogens (tertiary/aromatic N) is 8. The maximum atomic E-state index is 14.9. The second-order valence-corrected chi connectivity index (χ2v) is 9.54. The van der Waals surface area contributed by atoms with E-state index in [1.807, 2.05) is 4.90 Å². The number of rotatable bonds is 6. The Balaban J connectivity index is 1.47. The molecule has 9 nitrogen and oxygen atoms in total. The van der Waals surface area contributed by atoms with E-state index in [-0.39, 0.29) is 34.7 Å². The Kier molecular flexibility index (Phi) is 6.11. The van der Waals surface area contributed by atoms with Crippen molar-refractivity contribution in [3.63, 3.8) is 0 Å². The van der Waals surface area contributed by atoms with Crippen LogP contribution in [0.2, 0.25) is 5.15 Å². The number of hydrogen-bond donors (Lipinski definition) is 0. The van der Waals surface area contributed by atoms with Gasteiger partial charge in [0.2, 0.25) is 0 Å². The average molecular weight is 479 g/mol. The molecular formula is C21H25ClF2N8O. The number of fused-ring (bicyclic) bond motifs is 2. The number of piperidine rings is 1. The minimum atomic E-state index is -0.870. The summed E-state index contributed by atoms with van der Waals surface area (Å²) in [5.41, 5.74) is 8.34. The van der Waals surface area contributed by atoms with Gasteiger partial charge >= 0.3 is 6.01 Å². The zero-order valence-electron chi connectivity index (χ0n) is 18.1. The quantitative estimate of drug-likeness (QED) is 0.265. The lowest BCUT2D eigenvalue weighted by Crippen LogP contribution is -2.43. The van der Waals surface area contributed by atoms with Gasteiger partial charge in [0.1, 0.15) is 24.1 Å². The third-order valence-corrected chi connectivity index (χ3v) is 7.32. The fourth-order valence-corrected chi connectivity index (χ4v) is 5.65. The molecule has 3 saturated heterocycles. The van der Waals surface area contributed by atoms with Gasteiger partial charge in [0.15, 0.2) is 11.0 Å². The molecule has 3 fully saturated rings. The molecule has 0 bridgehead atoms.